The summed E-state index contributed by atoms with van der Waals surface area (Å²) in [4.78, 5) is 12.0. The lowest BCUT2D eigenvalue weighted by Gasteiger charge is -2.15. The normalized spacial score (nSPS) is 20.4. The van der Waals surface area contributed by atoms with Gasteiger partial charge >= 0.3 is 0 Å². The molecule has 1 aliphatic carbocycles. The second-order valence-electron chi connectivity index (χ2n) is 6.34. The highest BCUT2D eigenvalue weighted by Gasteiger charge is 2.25. The second kappa shape index (κ2) is 8.11. The summed E-state index contributed by atoms with van der Waals surface area (Å²) >= 11 is 0. The molecule has 23 heavy (non-hydrogen) atoms. The van der Waals surface area contributed by atoms with Gasteiger partial charge in [0.05, 0.1) is 30.8 Å². The highest BCUT2D eigenvalue weighted by molar-refractivity contribution is 5.76. The van der Waals surface area contributed by atoms with E-state index in [2.05, 4.69) is 16.5 Å². The number of hydrogen-bond donors (Lipinski definition) is 2. The van der Waals surface area contributed by atoms with Crippen molar-refractivity contribution in [2.45, 2.75) is 65.0 Å². The fourth-order valence-corrected chi connectivity index (χ4v) is 3.30. The summed E-state index contributed by atoms with van der Waals surface area (Å²) < 4.78 is 1.85. The maximum atomic E-state index is 12.0. The lowest BCUT2D eigenvalue weighted by molar-refractivity contribution is -0.121. The van der Waals surface area contributed by atoms with Crippen molar-refractivity contribution >= 4 is 5.91 Å². The lowest BCUT2D eigenvalue weighted by Crippen LogP contribution is -2.32. The Morgan fingerprint density at radius 1 is 1.48 bits per heavy atom. The average Bonchev–Trinajstić information content (AvgIpc) is 3.05. The summed E-state index contributed by atoms with van der Waals surface area (Å²) in [6.45, 7) is 5.09. The summed E-state index contributed by atoms with van der Waals surface area (Å²) in [7, 11) is 0. The van der Waals surface area contributed by atoms with Crippen LogP contribution < -0.4 is 5.32 Å². The molecular weight excluding hydrogens is 292 g/mol. The van der Waals surface area contributed by atoms with Crippen molar-refractivity contribution in [1.29, 1.82) is 5.26 Å². The molecule has 0 aromatic carbocycles. The van der Waals surface area contributed by atoms with Gasteiger partial charge in [0.2, 0.25) is 5.91 Å². The van der Waals surface area contributed by atoms with Gasteiger partial charge in [-0.1, -0.05) is 6.42 Å². The van der Waals surface area contributed by atoms with E-state index >= 15 is 0 Å². The third kappa shape index (κ3) is 4.55. The van der Waals surface area contributed by atoms with Gasteiger partial charge in [-0.2, -0.15) is 10.4 Å². The Kier molecular flexibility index (Phi) is 6.17. The van der Waals surface area contributed by atoms with Gasteiger partial charge in [-0.3, -0.25) is 9.48 Å². The first kappa shape index (κ1) is 17.5. The van der Waals surface area contributed by atoms with Crippen LogP contribution >= 0.6 is 0 Å². The smallest absolute Gasteiger partial charge is 0.220 e. The molecule has 6 nitrogen and oxygen atoms in total. The van der Waals surface area contributed by atoms with Crippen LogP contribution in [0.4, 0.5) is 0 Å². The molecule has 2 N–H and O–H groups in total. The van der Waals surface area contributed by atoms with E-state index in [0.717, 1.165) is 36.2 Å². The fraction of sp³-hybridized carbons (Fsp3) is 0.706. The topological polar surface area (TPSA) is 90.9 Å². The molecule has 0 bridgehead atoms. The number of nitrogens with zero attached hydrogens (tertiary/aromatic N) is 3. The van der Waals surface area contributed by atoms with E-state index in [9.17, 15) is 9.90 Å². The summed E-state index contributed by atoms with van der Waals surface area (Å²) in [5.41, 5.74) is 3.07. The SMILES string of the molecule is Cc1nn(CCC#N)c(C)c1CCC(=O)NCC1CCCC1O. The molecule has 1 fully saturated rings. The Hall–Kier alpha value is -1.87. The first-order valence-electron chi connectivity index (χ1n) is 8.37. The Labute approximate surface area is 137 Å². The maximum Gasteiger partial charge on any atom is 0.220 e. The molecule has 1 aliphatic rings. The number of aliphatic hydroxyl groups is 1. The highest BCUT2D eigenvalue weighted by atomic mass is 16.3. The van der Waals surface area contributed by atoms with Crippen LogP contribution in [0.3, 0.4) is 0 Å². The zero-order valence-electron chi connectivity index (χ0n) is 14.0. The molecule has 0 spiro atoms. The second-order valence-corrected chi connectivity index (χ2v) is 6.34. The molecule has 0 saturated heterocycles. The molecule has 126 valence electrons. The molecule has 1 amide bonds. The molecule has 2 unspecified atom stereocenters. The molecule has 0 radical (unpaired) electrons. The number of aromatic nitrogens is 2. The number of carbonyl (C=O) groups is 1. The van der Waals surface area contributed by atoms with Gasteiger partial charge in [-0.25, -0.2) is 0 Å². The Morgan fingerprint density at radius 3 is 2.91 bits per heavy atom. The zero-order valence-corrected chi connectivity index (χ0v) is 14.0. The standard InChI is InChI=1S/C17H26N4O2/c1-12-15(13(2)21(20-12)10-4-9-18)7-8-17(23)19-11-14-5-3-6-16(14)22/h14,16,22H,3-8,10-11H2,1-2H3,(H,19,23). The molecule has 1 heterocycles. The molecule has 1 aromatic heterocycles. The minimum absolute atomic E-state index is 0.0210. The van der Waals surface area contributed by atoms with Crippen molar-refractivity contribution in [3.63, 3.8) is 0 Å². The van der Waals surface area contributed by atoms with Crippen molar-refractivity contribution in [2.75, 3.05) is 6.54 Å². The number of nitriles is 1. The van der Waals surface area contributed by atoms with Crippen LogP contribution in [0.2, 0.25) is 0 Å². The summed E-state index contributed by atoms with van der Waals surface area (Å²) in [6.07, 6.45) is 4.13. The minimum atomic E-state index is -0.266. The van der Waals surface area contributed by atoms with Crippen LogP contribution in [0.5, 0.6) is 0 Å². The lowest BCUT2D eigenvalue weighted by atomic mass is 10.1. The Morgan fingerprint density at radius 2 is 2.26 bits per heavy atom. The summed E-state index contributed by atoms with van der Waals surface area (Å²) in [5, 5.41) is 25.8. The van der Waals surface area contributed by atoms with Gasteiger partial charge in [0.15, 0.2) is 0 Å². The number of hydrogen-bond acceptors (Lipinski definition) is 4. The molecule has 2 rings (SSSR count). The van der Waals surface area contributed by atoms with E-state index in [4.69, 9.17) is 5.26 Å². The molecule has 1 aromatic rings. The third-order valence-corrected chi connectivity index (χ3v) is 4.75. The van der Waals surface area contributed by atoms with Crippen LogP contribution in [0.15, 0.2) is 0 Å². The first-order valence-corrected chi connectivity index (χ1v) is 8.37. The molecule has 2 atom stereocenters. The van der Waals surface area contributed by atoms with E-state index < -0.39 is 0 Å². The number of carbonyl (C=O) groups excluding carboxylic acids is 1. The Balaban J connectivity index is 1.82. The van der Waals surface area contributed by atoms with Crippen LogP contribution in [-0.2, 0) is 17.8 Å². The fourth-order valence-electron chi connectivity index (χ4n) is 3.30. The number of amides is 1. The summed E-state index contributed by atoms with van der Waals surface area (Å²) in [6, 6.07) is 2.12. The van der Waals surface area contributed by atoms with Gasteiger partial charge in [0.25, 0.3) is 0 Å². The zero-order chi connectivity index (χ0) is 16.8. The van der Waals surface area contributed by atoms with Crippen LogP contribution in [0, 0.1) is 31.1 Å². The maximum absolute atomic E-state index is 12.0. The largest absolute Gasteiger partial charge is 0.393 e. The van der Waals surface area contributed by atoms with Gasteiger partial charge in [0.1, 0.15) is 0 Å². The monoisotopic (exact) mass is 318 g/mol. The van der Waals surface area contributed by atoms with Crippen molar-refractivity contribution in [3.05, 3.63) is 17.0 Å². The van der Waals surface area contributed by atoms with Gasteiger partial charge < -0.3 is 10.4 Å². The quantitative estimate of drug-likeness (QED) is 0.799. The van der Waals surface area contributed by atoms with Gasteiger partial charge in [-0.15, -0.1) is 0 Å². The van der Waals surface area contributed by atoms with Crippen molar-refractivity contribution in [3.8, 4) is 6.07 Å². The summed E-state index contributed by atoms with van der Waals surface area (Å²) in [5.74, 6) is 0.226. The van der Waals surface area contributed by atoms with Gasteiger partial charge in [0, 0.05) is 24.6 Å². The number of aliphatic hydroxyl groups excluding tert-OH is 1. The van der Waals surface area contributed by atoms with Gasteiger partial charge in [-0.05, 0) is 38.7 Å². The predicted molar refractivity (Wildman–Crippen MR) is 86.6 cm³/mol. The number of aryl methyl sites for hydroxylation is 2. The van der Waals surface area contributed by atoms with E-state index in [1.54, 1.807) is 0 Å². The third-order valence-electron chi connectivity index (χ3n) is 4.75. The van der Waals surface area contributed by atoms with E-state index in [1.165, 1.54) is 0 Å². The minimum Gasteiger partial charge on any atom is -0.393 e. The van der Waals surface area contributed by atoms with E-state index in [0.29, 0.717) is 32.4 Å². The average molecular weight is 318 g/mol. The first-order chi connectivity index (χ1) is 11.0. The number of rotatable bonds is 7. The Bertz CT molecular complexity index is 588. The number of nitrogens with one attached hydrogen (secondary N) is 1. The van der Waals surface area contributed by atoms with E-state index in [1.807, 2.05) is 18.5 Å². The van der Waals surface area contributed by atoms with Crippen LogP contribution in [0.25, 0.3) is 0 Å². The van der Waals surface area contributed by atoms with Crippen LogP contribution in [0.1, 0.15) is 49.1 Å². The van der Waals surface area contributed by atoms with Crippen molar-refractivity contribution in [1.82, 2.24) is 15.1 Å². The van der Waals surface area contributed by atoms with Crippen molar-refractivity contribution < 1.29 is 9.90 Å². The highest BCUT2D eigenvalue weighted by Crippen LogP contribution is 2.24. The van der Waals surface area contributed by atoms with Crippen LogP contribution in [-0.4, -0.2) is 33.4 Å². The molecule has 6 heteroatoms. The molecular formula is C17H26N4O2. The van der Waals surface area contributed by atoms with Crippen molar-refractivity contribution in [2.24, 2.45) is 5.92 Å². The molecule has 0 aliphatic heterocycles. The van der Waals surface area contributed by atoms with E-state index in [-0.39, 0.29) is 17.9 Å². The molecule has 1 saturated carbocycles. The predicted octanol–water partition coefficient (Wildman–Crippen LogP) is 1.62.